The van der Waals surface area contributed by atoms with Gasteiger partial charge in [0.25, 0.3) is 0 Å². The Kier molecular flexibility index (Phi) is 3.43. The molecule has 0 N–H and O–H groups in total. The van der Waals surface area contributed by atoms with Crippen LogP contribution in [0.5, 0.6) is 0 Å². The summed E-state index contributed by atoms with van der Waals surface area (Å²) in [4.78, 5) is 24.3. The van der Waals surface area contributed by atoms with Gasteiger partial charge in [0.1, 0.15) is 0 Å². The molecule has 0 amide bonds. The Morgan fingerprint density at radius 3 is 2.63 bits per heavy atom. The molecule has 0 spiro atoms. The predicted octanol–water partition coefficient (Wildman–Crippen LogP) is 3.83. The molecule has 0 fully saturated rings. The molecular weight excluding hydrogens is 353 g/mol. The third-order valence-electron chi connectivity index (χ3n) is 3.77. The molecule has 0 saturated heterocycles. The van der Waals surface area contributed by atoms with Gasteiger partial charge < -0.3 is 0 Å². The lowest BCUT2D eigenvalue weighted by molar-refractivity contribution is -0.114. The first-order valence-electron chi connectivity index (χ1n) is 6.52. The van der Waals surface area contributed by atoms with Gasteiger partial charge >= 0.3 is 0 Å². The SMILES string of the molecule is O=C1CC2=C(CCCC2)N(I)c2ccccc2C1=O. The number of anilines is 1. The van der Waals surface area contributed by atoms with Crippen molar-refractivity contribution < 1.29 is 9.59 Å². The number of hydrogen-bond acceptors (Lipinski definition) is 3. The summed E-state index contributed by atoms with van der Waals surface area (Å²) in [5.74, 6) is -0.624. The minimum absolute atomic E-state index is 0.272. The number of nitrogens with zero attached hydrogens (tertiary/aromatic N) is 1. The normalized spacial score (nSPS) is 19.7. The fourth-order valence-electron chi connectivity index (χ4n) is 2.79. The second-order valence-electron chi connectivity index (χ2n) is 4.98. The van der Waals surface area contributed by atoms with E-state index in [2.05, 4.69) is 26.0 Å². The summed E-state index contributed by atoms with van der Waals surface area (Å²) in [5, 5.41) is 0. The van der Waals surface area contributed by atoms with Crippen LogP contribution in [0.15, 0.2) is 35.5 Å². The van der Waals surface area contributed by atoms with E-state index in [1.807, 2.05) is 18.2 Å². The third kappa shape index (κ3) is 2.22. The molecule has 0 atom stereocenters. The number of para-hydroxylation sites is 1. The number of carbonyl (C=O) groups excluding carboxylic acids is 2. The number of halogens is 1. The number of ketones is 2. The highest BCUT2D eigenvalue weighted by atomic mass is 127. The molecule has 1 heterocycles. The van der Waals surface area contributed by atoms with Crippen LogP contribution in [0.1, 0.15) is 42.5 Å². The molecule has 1 aliphatic heterocycles. The van der Waals surface area contributed by atoms with Gasteiger partial charge in [0.2, 0.25) is 11.6 Å². The Balaban J connectivity index is 2.18. The highest BCUT2D eigenvalue weighted by Gasteiger charge is 2.29. The highest BCUT2D eigenvalue weighted by Crippen LogP contribution is 2.38. The van der Waals surface area contributed by atoms with Crippen molar-refractivity contribution in [1.82, 2.24) is 0 Å². The van der Waals surface area contributed by atoms with Crippen LogP contribution in [0.3, 0.4) is 0 Å². The van der Waals surface area contributed by atoms with E-state index in [1.54, 1.807) is 6.07 Å². The number of rotatable bonds is 0. The Labute approximate surface area is 126 Å². The summed E-state index contributed by atoms with van der Waals surface area (Å²) in [7, 11) is 0. The van der Waals surface area contributed by atoms with Crippen molar-refractivity contribution in [3.05, 3.63) is 41.1 Å². The van der Waals surface area contributed by atoms with E-state index in [4.69, 9.17) is 0 Å². The number of fused-ring (bicyclic) bond motifs is 1. The van der Waals surface area contributed by atoms with Gasteiger partial charge in [0.05, 0.1) is 34.1 Å². The Hall–Kier alpha value is -1.17. The van der Waals surface area contributed by atoms with Gasteiger partial charge in [0.15, 0.2) is 0 Å². The van der Waals surface area contributed by atoms with Crippen LogP contribution in [-0.4, -0.2) is 11.6 Å². The van der Waals surface area contributed by atoms with Gasteiger partial charge in [-0.3, -0.25) is 12.7 Å². The van der Waals surface area contributed by atoms with Gasteiger partial charge in [-0.2, -0.15) is 0 Å². The maximum absolute atomic E-state index is 12.2. The first-order chi connectivity index (χ1) is 9.18. The van der Waals surface area contributed by atoms with Crippen molar-refractivity contribution in [3.63, 3.8) is 0 Å². The van der Waals surface area contributed by atoms with Crippen LogP contribution in [0.25, 0.3) is 0 Å². The van der Waals surface area contributed by atoms with Gasteiger partial charge in [-0.15, -0.1) is 0 Å². The second kappa shape index (κ2) is 5.07. The monoisotopic (exact) mass is 367 g/mol. The van der Waals surface area contributed by atoms with Crippen molar-refractivity contribution in [2.75, 3.05) is 3.11 Å². The predicted molar refractivity (Wildman–Crippen MR) is 82.4 cm³/mol. The van der Waals surface area contributed by atoms with E-state index in [1.165, 1.54) is 5.70 Å². The van der Waals surface area contributed by atoms with E-state index < -0.39 is 0 Å². The molecule has 0 saturated carbocycles. The van der Waals surface area contributed by atoms with Crippen molar-refractivity contribution in [2.45, 2.75) is 32.1 Å². The van der Waals surface area contributed by atoms with Crippen LogP contribution in [-0.2, 0) is 4.79 Å². The van der Waals surface area contributed by atoms with Crippen LogP contribution in [0.2, 0.25) is 0 Å². The summed E-state index contributed by atoms with van der Waals surface area (Å²) in [5.41, 5.74) is 3.74. The summed E-state index contributed by atoms with van der Waals surface area (Å²) in [6.07, 6.45) is 4.50. The number of carbonyl (C=O) groups is 2. The number of benzene rings is 1. The summed E-state index contributed by atoms with van der Waals surface area (Å²) in [6, 6.07) is 7.38. The fourth-order valence-corrected chi connectivity index (χ4v) is 3.79. The van der Waals surface area contributed by atoms with E-state index in [0.29, 0.717) is 12.0 Å². The summed E-state index contributed by atoms with van der Waals surface area (Å²) < 4.78 is 2.08. The zero-order valence-corrected chi connectivity index (χ0v) is 12.6. The van der Waals surface area contributed by atoms with Gasteiger partial charge in [-0.25, -0.2) is 0 Å². The maximum atomic E-state index is 12.2. The zero-order valence-electron chi connectivity index (χ0n) is 10.5. The van der Waals surface area contributed by atoms with Gasteiger partial charge in [-0.1, -0.05) is 12.1 Å². The molecule has 98 valence electrons. The van der Waals surface area contributed by atoms with Crippen LogP contribution in [0, 0.1) is 0 Å². The standard InChI is InChI=1S/C15H14INO2/c16-17-12-7-3-1-5-10(12)9-14(18)15(19)11-6-2-4-8-13(11)17/h2,4,6,8H,1,3,5,7,9H2. The quantitative estimate of drug-likeness (QED) is 0.397. The number of Topliss-reactive ketones (excluding diaryl/α,β-unsaturated/α-hetero) is 2. The van der Waals surface area contributed by atoms with Crippen molar-refractivity contribution in [3.8, 4) is 0 Å². The molecule has 4 heteroatoms. The minimum Gasteiger partial charge on any atom is -0.290 e. The molecule has 1 aromatic carbocycles. The first-order valence-corrected chi connectivity index (χ1v) is 7.48. The molecular formula is C15H14INO2. The molecule has 1 aromatic rings. The Bertz CT molecular complexity index is 592. The van der Waals surface area contributed by atoms with Gasteiger partial charge in [-0.05, 0) is 43.4 Å². The minimum atomic E-state index is -0.352. The van der Waals surface area contributed by atoms with E-state index in [-0.39, 0.29) is 11.6 Å². The largest absolute Gasteiger partial charge is 0.290 e. The van der Waals surface area contributed by atoms with Gasteiger partial charge in [0, 0.05) is 12.1 Å². The lowest BCUT2D eigenvalue weighted by Crippen LogP contribution is -2.25. The Morgan fingerprint density at radius 1 is 1.05 bits per heavy atom. The maximum Gasteiger partial charge on any atom is 0.231 e. The third-order valence-corrected chi connectivity index (χ3v) is 4.88. The average Bonchev–Trinajstić information content (AvgIpc) is 2.45. The van der Waals surface area contributed by atoms with E-state index in [9.17, 15) is 9.59 Å². The molecule has 3 nitrogen and oxygen atoms in total. The average molecular weight is 367 g/mol. The topological polar surface area (TPSA) is 37.4 Å². The fraction of sp³-hybridized carbons (Fsp3) is 0.333. The van der Waals surface area contributed by atoms with E-state index in [0.717, 1.165) is 36.9 Å². The molecule has 0 radical (unpaired) electrons. The molecule has 0 bridgehead atoms. The van der Waals surface area contributed by atoms with Crippen molar-refractivity contribution in [1.29, 1.82) is 0 Å². The second-order valence-corrected chi connectivity index (χ2v) is 5.95. The molecule has 0 aromatic heterocycles. The molecule has 2 aliphatic rings. The number of hydrogen-bond donors (Lipinski definition) is 0. The molecule has 3 rings (SSSR count). The molecule has 1 aliphatic carbocycles. The lowest BCUT2D eigenvalue weighted by atomic mass is 9.89. The molecule has 0 unspecified atom stereocenters. The Morgan fingerprint density at radius 2 is 1.79 bits per heavy atom. The summed E-state index contributed by atoms with van der Waals surface area (Å²) >= 11 is 2.25. The smallest absolute Gasteiger partial charge is 0.231 e. The summed E-state index contributed by atoms with van der Waals surface area (Å²) in [6.45, 7) is 0. The first kappa shape index (κ1) is 12.8. The number of allylic oxidation sites excluding steroid dienone is 2. The van der Waals surface area contributed by atoms with Crippen molar-refractivity contribution >= 4 is 40.1 Å². The zero-order chi connectivity index (χ0) is 13.4. The van der Waals surface area contributed by atoms with Crippen LogP contribution >= 0.6 is 22.9 Å². The highest BCUT2D eigenvalue weighted by molar-refractivity contribution is 14.1. The van der Waals surface area contributed by atoms with Crippen LogP contribution < -0.4 is 3.11 Å². The van der Waals surface area contributed by atoms with Crippen molar-refractivity contribution in [2.24, 2.45) is 0 Å². The lowest BCUT2D eigenvalue weighted by Gasteiger charge is -2.30. The molecule has 19 heavy (non-hydrogen) atoms. The van der Waals surface area contributed by atoms with E-state index >= 15 is 0 Å². The van der Waals surface area contributed by atoms with Crippen LogP contribution in [0.4, 0.5) is 5.69 Å².